The zero-order valence-electron chi connectivity index (χ0n) is 10.3. The van der Waals surface area contributed by atoms with E-state index in [0.717, 1.165) is 0 Å². The van der Waals surface area contributed by atoms with E-state index in [9.17, 15) is 13.2 Å². The zero-order chi connectivity index (χ0) is 14.1. The Bertz CT molecular complexity index is 565. The van der Waals surface area contributed by atoms with Crippen molar-refractivity contribution >= 4 is 27.4 Å². The number of nitrogens with zero attached hydrogens (tertiary/aromatic N) is 2. The molecule has 1 heterocycles. The number of hydrogen-bond acceptors (Lipinski definition) is 4. The molecule has 1 atom stereocenters. The first-order valence-electron chi connectivity index (χ1n) is 5.26. The Morgan fingerprint density at radius 1 is 1.56 bits per heavy atom. The summed E-state index contributed by atoms with van der Waals surface area (Å²) in [5.41, 5.74) is 0.963. The van der Waals surface area contributed by atoms with Crippen LogP contribution in [0.2, 0.25) is 5.15 Å². The number of sulfone groups is 1. The first-order valence-corrected chi connectivity index (χ1v) is 7.35. The summed E-state index contributed by atoms with van der Waals surface area (Å²) in [4.78, 5) is 10.5. The molecule has 0 spiro atoms. The van der Waals surface area contributed by atoms with Crippen LogP contribution in [0.15, 0.2) is 0 Å². The highest BCUT2D eigenvalue weighted by atomic mass is 35.5. The summed E-state index contributed by atoms with van der Waals surface area (Å²) in [5.74, 6) is -1.43. The first-order chi connectivity index (χ1) is 8.15. The number of aliphatic carboxylic acids is 1. The number of aryl methyl sites for hydroxylation is 2. The number of hydrogen-bond donors (Lipinski definition) is 1. The van der Waals surface area contributed by atoms with E-state index in [-0.39, 0.29) is 10.9 Å². The van der Waals surface area contributed by atoms with Crippen molar-refractivity contribution in [2.45, 2.75) is 31.3 Å². The Morgan fingerprint density at radius 2 is 2.11 bits per heavy atom. The molecule has 0 radical (unpaired) electrons. The minimum absolute atomic E-state index is 0.263. The molecule has 1 aromatic rings. The average Bonchev–Trinajstić information content (AvgIpc) is 2.44. The van der Waals surface area contributed by atoms with Crippen LogP contribution in [0.1, 0.15) is 24.6 Å². The van der Waals surface area contributed by atoms with Crippen molar-refractivity contribution in [3.8, 4) is 0 Å². The fourth-order valence-electron chi connectivity index (χ4n) is 1.55. The monoisotopic (exact) mass is 294 g/mol. The van der Waals surface area contributed by atoms with Crippen molar-refractivity contribution in [2.24, 2.45) is 7.05 Å². The summed E-state index contributed by atoms with van der Waals surface area (Å²) in [5, 5.41) is 11.9. The second-order valence-electron chi connectivity index (χ2n) is 4.19. The molecule has 8 heteroatoms. The average molecular weight is 295 g/mol. The highest BCUT2D eigenvalue weighted by Gasteiger charge is 2.26. The third-order valence-electron chi connectivity index (χ3n) is 2.69. The van der Waals surface area contributed by atoms with Gasteiger partial charge in [0.25, 0.3) is 0 Å². The van der Waals surface area contributed by atoms with Gasteiger partial charge in [0.15, 0.2) is 9.84 Å². The summed E-state index contributed by atoms with van der Waals surface area (Å²) >= 11 is 5.95. The standard InChI is InChI=1S/C10H15ClN2O4S/c1-6(4-9(14)15)18(16,17)5-8-7(2)12-13(3)10(8)11/h6H,4-5H2,1-3H3,(H,14,15). The molecule has 1 rings (SSSR count). The Labute approximate surface area is 110 Å². The van der Waals surface area contributed by atoms with Crippen molar-refractivity contribution in [2.75, 3.05) is 0 Å². The predicted molar refractivity (Wildman–Crippen MR) is 67.3 cm³/mol. The molecule has 0 aliphatic rings. The predicted octanol–water partition coefficient (Wildman–Crippen LogP) is 1.16. The van der Waals surface area contributed by atoms with Gasteiger partial charge in [0.2, 0.25) is 0 Å². The first kappa shape index (κ1) is 15.0. The van der Waals surface area contributed by atoms with Crippen molar-refractivity contribution in [3.05, 3.63) is 16.4 Å². The van der Waals surface area contributed by atoms with E-state index >= 15 is 0 Å². The van der Waals surface area contributed by atoms with Crippen LogP contribution in [-0.4, -0.2) is 34.5 Å². The lowest BCUT2D eigenvalue weighted by atomic mass is 10.3. The largest absolute Gasteiger partial charge is 0.481 e. The maximum Gasteiger partial charge on any atom is 0.304 e. The maximum absolute atomic E-state index is 12.0. The van der Waals surface area contributed by atoms with E-state index in [1.165, 1.54) is 11.6 Å². The van der Waals surface area contributed by atoms with Crippen LogP contribution >= 0.6 is 11.6 Å². The van der Waals surface area contributed by atoms with E-state index in [2.05, 4.69) is 5.10 Å². The lowest BCUT2D eigenvalue weighted by molar-refractivity contribution is -0.136. The summed E-state index contributed by atoms with van der Waals surface area (Å²) < 4.78 is 25.4. The maximum atomic E-state index is 12.0. The normalized spacial score (nSPS) is 13.6. The fourth-order valence-corrected chi connectivity index (χ4v) is 3.30. The molecule has 18 heavy (non-hydrogen) atoms. The summed E-state index contributed by atoms with van der Waals surface area (Å²) in [7, 11) is -1.94. The molecule has 6 nitrogen and oxygen atoms in total. The molecule has 0 bridgehead atoms. The Kier molecular flexibility index (Phi) is 4.39. The van der Waals surface area contributed by atoms with Crippen LogP contribution in [0.5, 0.6) is 0 Å². The number of carboxylic acid groups (broad SMARTS) is 1. The molecule has 1 N–H and O–H groups in total. The van der Waals surface area contributed by atoms with Gasteiger partial charge in [0, 0.05) is 12.6 Å². The second-order valence-corrected chi connectivity index (χ2v) is 6.97. The van der Waals surface area contributed by atoms with Gasteiger partial charge in [-0.15, -0.1) is 0 Å². The second kappa shape index (κ2) is 5.27. The lowest BCUT2D eigenvalue weighted by Crippen LogP contribution is -2.23. The van der Waals surface area contributed by atoms with Crippen LogP contribution in [0.25, 0.3) is 0 Å². The van der Waals surface area contributed by atoms with Gasteiger partial charge in [-0.25, -0.2) is 8.42 Å². The minimum Gasteiger partial charge on any atom is -0.481 e. The van der Waals surface area contributed by atoms with Crippen LogP contribution in [0, 0.1) is 6.92 Å². The number of carbonyl (C=O) groups is 1. The van der Waals surface area contributed by atoms with E-state index in [1.54, 1.807) is 14.0 Å². The Morgan fingerprint density at radius 3 is 2.50 bits per heavy atom. The number of aromatic nitrogens is 2. The molecule has 1 unspecified atom stereocenters. The quantitative estimate of drug-likeness (QED) is 0.880. The Hall–Kier alpha value is -1.08. The zero-order valence-corrected chi connectivity index (χ0v) is 11.9. The van der Waals surface area contributed by atoms with Crippen LogP contribution < -0.4 is 0 Å². The molecule has 0 saturated heterocycles. The number of rotatable bonds is 5. The molecule has 0 aliphatic carbocycles. The number of carboxylic acids is 1. The fraction of sp³-hybridized carbons (Fsp3) is 0.600. The molecular weight excluding hydrogens is 280 g/mol. The summed E-state index contributed by atoms with van der Waals surface area (Å²) in [6, 6.07) is 0. The molecule has 0 aromatic carbocycles. The minimum atomic E-state index is -3.56. The van der Waals surface area contributed by atoms with Crippen molar-refractivity contribution < 1.29 is 18.3 Å². The van der Waals surface area contributed by atoms with Gasteiger partial charge in [0.05, 0.1) is 23.1 Å². The van der Waals surface area contributed by atoms with Gasteiger partial charge in [0.1, 0.15) is 5.15 Å². The van der Waals surface area contributed by atoms with Crippen LogP contribution in [0.3, 0.4) is 0 Å². The summed E-state index contributed by atoms with van der Waals surface area (Å²) in [6.07, 6.45) is -0.417. The van der Waals surface area contributed by atoms with Gasteiger partial charge in [-0.3, -0.25) is 9.48 Å². The van der Waals surface area contributed by atoms with E-state index in [4.69, 9.17) is 16.7 Å². The lowest BCUT2D eigenvalue weighted by Gasteiger charge is -2.10. The van der Waals surface area contributed by atoms with Gasteiger partial charge in [-0.2, -0.15) is 5.10 Å². The Balaban J connectivity index is 2.99. The molecule has 0 saturated carbocycles. The third kappa shape index (κ3) is 3.23. The molecule has 0 amide bonds. The topological polar surface area (TPSA) is 89.3 Å². The van der Waals surface area contributed by atoms with Crippen molar-refractivity contribution in [1.29, 1.82) is 0 Å². The molecule has 1 aromatic heterocycles. The highest BCUT2D eigenvalue weighted by molar-refractivity contribution is 7.91. The molecular formula is C10H15ClN2O4S. The van der Waals surface area contributed by atoms with Gasteiger partial charge in [-0.1, -0.05) is 11.6 Å². The molecule has 0 aliphatic heterocycles. The SMILES string of the molecule is Cc1nn(C)c(Cl)c1CS(=O)(=O)C(C)CC(=O)O. The van der Waals surface area contributed by atoms with E-state index in [0.29, 0.717) is 11.3 Å². The molecule has 0 fully saturated rings. The van der Waals surface area contributed by atoms with E-state index < -0.39 is 27.5 Å². The van der Waals surface area contributed by atoms with Crippen molar-refractivity contribution in [3.63, 3.8) is 0 Å². The van der Waals surface area contributed by atoms with Gasteiger partial charge in [-0.05, 0) is 13.8 Å². The van der Waals surface area contributed by atoms with Crippen molar-refractivity contribution in [1.82, 2.24) is 9.78 Å². The van der Waals surface area contributed by atoms with E-state index in [1.807, 2.05) is 0 Å². The molecule has 102 valence electrons. The summed E-state index contributed by atoms with van der Waals surface area (Å²) in [6.45, 7) is 3.04. The van der Waals surface area contributed by atoms with Crippen LogP contribution in [0.4, 0.5) is 0 Å². The van der Waals surface area contributed by atoms with Gasteiger partial charge >= 0.3 is 5.97 Å². The van der Waals surface area contributed by atoms with Crippen LogP contribution in [-0.2, 0) is 27.4 Å². The highest BCUT2D eigenvalue weighted by Crippen LogP contribution is 2.23. The smallest absolute Gasteiger partial charge is 0.304 e. The van der Waals surface area contributed by atoms with Gasteiger partial charge < -0.3 is 5.11 Å². The third-order valence-corrected chi connectivity index (χ3v) is 5.25. The number of halogens is 1.